The Labute approximate surface area is 173 Å². The summed E-state index contributed by atoms with van der Waals surface area (Å²) in [6.45, 7) is 7.30. The van der Waals surface area contributed by atoms with E-state index in [2.05, 4.69) is 5.32 Å². The van der Waals surface area contributed by atoms with Gasteiger partial charge in [-0.15, -0.1) is 0 Å². The molecule has 0 heterocycles. The molecular formula is C23H31N3O3. The molecule has 1 unspecified atom stereocenters. The van der Waals surface area contributed by atoms with Crippen LogP contribution in [0.1, 0.15) is 31.0 Å². The lowest BCUT2D eigenvalue weighted by Crippen LogP contribution is -2.43. The number of nitrogens with zero attached hydrogens (tertiary/aromatic N) is 2. The highest BCUT2D eigenvalue weighted by molar-refractivity contribution is 5.97. The summed E-state index contributed by atoms with van der Waals surface area (Å²) in [5, 5.41) is 2.98. The summed E-state index contributed by atoms with van der Waals surface area (Å²) < 4.78 is 5.38. The monoisotopic (exact) mass is 397 g/mol. The lowest BCUT2D eigenvalue weighted by Gasteiger charge is -2.29. The number of aryl methyl sites for hydroxylation is 1. The Bertz CT molecular complexity index is 819. The zero-order valence-electron chi connectivity index (χ0n) is 17.9. The zero-order chi connectivity index (χ0) is 21.4. The molecule has 2 amide bonds. The van der Waals surface area contributed by atoms with Gasteiger partial charge in [0.2, 0.25) is 11.8 Å². The van der Waals surface area contributed by atoms with E-state index in [1.54, 1.807) is 24.0 Å². The largest absolute Gasteiger partial charge is 0.495 e. The Kier molecular flexibility index (Phi) is 8.21. The Hall–Kier alpha value is -2.86. The molecule has 0 aromatic heterocycles. The van der Waals surface area contributed by atoms with Crippen LogP contribution in [-0.4, -0.2) is 55.4 Å². The molecule has 0 saturated heterocycles. The van der Waals surface area contributed by atoms with Gasteiger partial charge >= 0.3 is 0 Å². The van der Waals surface area contributed by atoms with Gasteiger partial charge in [-0.3, -0.25) is 14.5 Å². The van der Waals surface area contributed by atoms with Gasteiger partial charge in [-0.05, 0) is 51.1 Å². The number of benzene rings is 2. The second kappa shape index (κ2) is 10.6. The van der Waals surface area contributed by atoms with Crippen LogP contribution < -0.4 is 10.1 Å². The van der Waals surface area contributed by atoms with Crippen LogP contribution in [0.2, 0.25) is 0 Å². The average molecular weight is 398 g/mol. The summed E-state index contributed by atoms with van der Waals surface area (Å²) in [4.78, 5) is 29.5. The number of ether oxygens (including phenoxy) is 1. The Balaban J connectivity index is 2.30. The molecule has 156 valence electrons. The SMILES string of the molecule is CCN(CC)C(=O)CN(C)C(C(=O)Nc1cc(C)ccc1OC)c1ccccc1. The third-order valence-electron chi connectivity index (χ3n) is 4.92. The molecule has 2 aromatic carbocycles. The predicted molar refractivity (Wildman–Crippen MR) is 116 cm³/mol. The fourth-order valence-corrected chi connectivity index (χ4v) is 3.34. The molecule has 1 atom stereocenters. The summed E-state index contributed by atoms with van der Waals surface area (Å²) in [6.07, 6.45) is 0. The summed E-state index contributed by atoms with van der Waals surface area (Å²) in [5.41, 5.74) is 2.45. The minimum absolute atomic E-state index is 0.000586. The van der Waals surface area contributed by atoms with E-state index < -0.39 is 6.04 Å². The minimum atomic E-state index is -0.610. The molecule has 0 saturated carbocycles. The van der Waals surface area contributed by atoms with Gasteiger partial charge in [0.25, 0.3) is 0 Å². The van der Waals surface area contributed by atoms with Crippen LogP contribution in [0.4, 0.5) is 5.69 Å². The van der Waals surface area contributed by atoms with Gasteiger partial charge in [0, 0.05) is 13.1 Å². The number of likely N-dealkylation sites (N-methyl/N-ethyl adjacent to an activating group) is 2. The second-order valence-electron chi connectivity index (χ2n) is 6.99. The maximum Gasteiger partial charge on any atom is 0.246 e. The first-order chi connectivity index (χ1) is 13.9. The van der Waals surface area contributed by atoms with E-state index in [1.165, 1.54) is 0 Å². The number of methoxy groups -OCH3 is 1. The third-order valence-corrected chi connectivity index (χ3v) is 4.92. The summed E-state index contributed by atoms with van der Waals surface area (Å²) in [5.74, 6) is 0.381. The zero-order valence-corrected chi connectivity index (χ0v) is 17.9. The quantitative estimate of drug-likeness (QED) is 0.704. The van der Waals surface area contributed by atoms with Crippen LogP contribution in [0, 0.1) is 6.92 Å². The van der Waals surface area contributed by atoms with E-state index >= 15 is 0 Å². The first-order valence-electron chi connectivity index (χ1n) is 9.89. The Morgan fingerprint density at radius 1 is 1.07 bits per heavy atom. The molecule has 0 spiro atoms. The van der Waals surface area contributed by atoms with Crippen molar-refractivity contribution >= 4 is 17.5 Å². The fourth-order valence-electron chi connectivity index (χ4n) is 3.34. The van der Waals surface area contributed by atoms with Gasteiger partial charge in [-0.1, -0.05) is 36.4 Å². The predicted octanol–water partition coefficient (Wildman–Crippen LogP) is 3.48. The van der Waals surface area contributed by atoms with E-state index in [4.69, 9.17) is 4.74 Å². The van der Waals surface area contributed by atoms with Crippen LogP contribution in [0.15, 0.2) is 48.5 Å². The lowest BCUT2D eigenvalue weighted by atomic mass is 10.0. The number of carbonyl (C=O) groups excluding carboxylic acids is 2. The van der Waals surface area contributed by atoms with Gasteiger partial charge in [-0.25, -0.2) is 0 Å². The molecule has 6 heteroatoms. The van der Waals surface area contributed by atoms with Crippen molar-refractivity contribution in [2.45, 2.75) is 26.8 Å². The number of rotatable bonds is 9. The highest BCUT2D eigenvalue weighted by Gasteiger charge is 2.28. The van der Waals surface area contributed by atoms with Crippen molar-refractivity contribution in [3.63, 3.8) is 0 Å². The van der Waals surface area contributed by atoms with Crippen LogP contribution in [0.25, 0.3) is 0 Å². The summed E-state index contributed by atoms with van der Waals surface area (Å²) in [7, 11) is 3.37. The van der Waals surface area contributed by atoms with Crippen molar-refractivity contribution in [1.82, 2.24) is 9.80 Å². The van der Waals surface area contributed by atoms with E-state index in [1.807, 2.05) is 69.3 Å². The first-order valence-corrected chi connectivity index (χ1v) is 9.89. The lowest BCUT2D eigenvalue weighted by molar-refractivity contribution is -0.133. The molecule has 0 bridgehead atoms. The van der Waals surface area contributed by atoms with Crippen LogP contribution in [0.3, 0.4) is 0 Å². The maximum atomic E-state index is 13.3. The van der Waals surface area contributed by atoms with E-state index in [-0.39, 0.29) is 18.4 Å². The van der Waals surface area contributed by atoms with Gasteiger partial charge in [0.05, 0.1) is 19.3 Å². The third kappa shape index (κ3) is 5.81. The standard InChI is InChI=1S/C23H31N3O3/c1-6-26(7-2)21(27)16-25(4)22(18-11-9-8-10-12-18)23(28)24-19-15-17(3)13-14-20(19)29-5/h8-15,22H,6-7,16H2,1-5H3,(H,24,28). The first kappa shape index (κ1) is 22.4. The smallest absolute Gasteiger partial charge is 0.246 e. The van der Waals surface area contributed by atoms with Gasteiger partial charge < -0.3 is 15.0 Å². The van der Waals surface area contributed by atoms with Crippen molar-refractivity contribution in [3.8, 4) is 5.75 Å². The fraction of sp³-hybridized carbons (Fsp3) is 0.391. The van der Waals surface area contributed by atoms with Crippen LogP contribution in [-0.2, 0) is 9.59 Å². The van der Waals surface area contributed by atoms with E-state index in [9.17, 15) is 9.59 Å². The second-order valence-corrected chi connectivity index (χ2v) is 6.99. The topological polar surface area (TPSA) is 61.9 Å². The molecule has 0 aliphatic carbocycles. The number of amides is 2. The number of nitrogens with one attached hydrogen (secondary N) is 1. The Morgan fingerprint density at radius 3 is 2.31 bits per heavy atom. The van der Waals surface area contributed by atoms with Crippen molar-refractivity contribution in [2.75, 3.05) is 39.1 Å². The molecule has 2 aromatic rings. The number of anilines is 1. The molecule has 2 rings (SSSR count). The normalized spacial score (nSPS) is 11.8. The average Bonchev–Trinajstić information content (AvgIpc) is 2.70. The molecule has 0 aliphatic heterocycles. The minimum Gasteiger partial charge on any atom is -0.495 e. The van der Waals surface area contributed by atoms with Crippen LogP contribution in [0.5, 0.6) is 5.75 Å². The van der Waals surface area contributed by atoms with Crippen LogP contribution >= 0.6 is 0 Å². The number of carbonyl (C=O) groups is 2. The molecule has 0 aliphatic rings. The van der Waals surface area contributed by atoms with Crippen molar-refractivity contribution in [2.24, 2.45) is 0 Å². The van der Waals surface area contributed by atoms with E-state index in [0.29, 0.717) is 24.5 Å². The molecule has 29 heavy (non-hydrogen) atoms. The van der Waals surface area contributed by atoms with E-state index in [0.717, 1.165) is 11.1 Å². The van der Waals surface area contributed by atoms with Crippen molar-refractivity contribution in [1.29, 1.82) is 0 Å². The summed E-state index contributed by atoms with van der Waals surface area (Å²) in [6, 6.07) is 14.5. The molecular weight excluding hydrogens is 366 g/mol. The van der Waals surface area contributed by atoms with Gasteiger partial charge in [0.15, 0.2) is 0 Å². The highest BCUT2D eigenvalue weighted by Crippen LogP contribution is 2.28. The Morgan fingerprint density at radius 2 is 1.72 bits per heavy atom. The maximum absolute atomic E-state index is 13.3. The molecule has 1 N–H and O–H groups in total. The van der Waals surface area contributed by atoms with Gasteiger partial charge in [-0.2, -0.15) is 0 Å². The van der Waals surface area contributed by atoms with Crippen molar-refractivity contribution < 1.29 is 14.3 Å². The summed E-state index contributed by atoms with van der Waals surface area (Å²) >= 11 is 0. The highest BCUT2D eigenvalue weighted by atomic mass is 16.5. The molecule has 0 radical (unpaired) electrons. The number of hydrogen-bond acceptors (Lipinski definition) is 4. The molecule has 0 fully saturated rings. The van der Waals surface area contributed by atoms with Gasteiger partial charge in [0.1, 0.15) is 11.8 Å². The van der Waals surface area contributed by atoms with Crippen molar-refractivity contribution in [3.05, 3.63) is 59.7 Å². The molecule has 6 nitrogen and oxygen atoms in total. The number of hydrogen-bond donors (Lipinski definition) is 1.